The monoisotopic (exact) mass is 389 g/mol. The molecule has 2 aromatic heterocycles. The van der Waals surface area contributed by atoms with Crippen molar-refractivity contribution < 1.29 is 23.8 Å². The van der Waals surface area contributed by atoms with Crippen molar-refractivity contribution in [3.05, 3.63) is 45.6 Å². The van der Waals surface area contributed by atoms with Gasteiger partial charge in [0.15, 0.2) is 0 Å². The molecule has 0 aliphatic rings. The van der Waals surface area contributed by atoms with Gasteiger partial charge in [-0.05, 0) is 32.0 Å². The summed E-state index contributed by atoms with van der Waals surface area (Å²) in [6.45, 7) is 3.35. The van der Waals surface area contributed by atoms with Crippen LogP contribution < -0.4 is 15.8 Å². The van der Waals surface area contributed by atoms with Crippen LogP contribution in [0, 0.1) is 13.8 Å². The van der Waals surface area contributed by atoms with Gasteiger partial charge in [-0.3, -0.25) is 9.59 Å². The number of furan rings is 1. The number of ether oxygens (including phenoxy) is 1. The van der Waals surface area contributed by atoms with Crippen LogP contribution in [-0.2, 0) is 11.4 Å². The number of fused-ring (bicyclic) bond motifs is 1. The molecular weight excluding hydrogens is 370 g/mol. The molecule has 27 heavy (non-hydrogen) atoms. The Morgan fingerprint density at radius 2 is 2.19 bits per heavy atom. The maximum atomic E-state index is 12.6. The Bertz CT molecular complexity index is 994. The number of nitrogens with zero attached hydrogens (tertiary/aromatic N) is 1. The van der Waals surface area contributed by atoms with Gasteiger partial charge < -0.3 is 25.3 Å². The number of primary amides is 1. The van der Waals surface area contributed by atoms with Crippen LogP contribution in [0.5, 0.6) is 5.75 Å². The van der Waals surface area contributed by atoms with E-state index in [-0.39, 0.29) is 5.56 Å². The lowest BCUT2D eigenvalue weighted by atomic mass is 10.1. The molecule has 3 rings (SSSR count). The van der Waals surface area contributed by atoms with Crippen LogP contribution in [0.2, 0.25) is 0 Å². The lowest BCUT2D eigenvalue weighted by Crippen LogP contribution is -2.46. The molecule has 0 aliphatic carbocycles. The van der Waals surface area contributed by atoms with Crippen LogP contribution in [0.1, 0.15) is 26.0 Å². The molecule has 0 unspecified atom stereocenters. The first-order valence-electron chi connectivity index (χ1n) is 8.17. The quantitative estimate of drug-likeness (QED) is 0.564. The van der Waals surface area contributed by atoms with Crippen molar-refractivity contribution in [2.75, 3.05) is 6.61 Å². The summed E-state index contributed by atoms with van der Waals surface area (Å²) in [4.78, 5) is 29.2. The van der Waals surface area contributed by atoms with Crippen molar-refractivity contribution in [1.82, 2.24) is 10.3 Å². The van der Waals surface area contributed by atoms with Crippen LogP contribution in [0.4, 0.5) is 0 Å². The topological polar surface area (TPSA) is 128 Å². The summed E-state index contributed by atoms with van der Waals surface area (Å²) < 4.78 is 11.4. The van der Waals surface area contributed by atoms with Crippen molar-refractivity contribution >= 4 is 34.1 Å². The molecular formula is C18H19N3O5S. The maximum absolute atomic E-state index is 12.6. The Kier molecular flexibility index (Phi) is 5.43. The van der Waals surface area contributed by atoms with Gasteiger partial charge in [0, 0.05) is 16.5 Å². The Morgan fingerprint density at radius 3 is 2.81 bits per heavy atom. The van der Waals surface area contributed by atoms with Gasteiger partial charge in [0.05, 0.1) is 12.2 Å². The summed E-state index contributed by atoms with van der Waals surface area (Å²) in [6, 6.07) is 3.97. The third kappa shape index (κ3) is 4.09. The molecule has 8 nitrogen and oxygen atoms in total. The first kappa shape index (κ1) is 18.9. The lowest BCUT2D eigenvalue weighted by molar-refractivity contribution is -0.120. The predicted octanol–water partition coefficient (Wildman–Crippen LogP) is 1.66. The van der Waals surface area contributed by atoms with Crippen LogP contribution in [0.3, 0.4) is 0 Å². The number of hydrogen-bond donors (Lipinski definition) is 3. The Balaban J connectivity index is 1.85. The van der Waals surface area contributed by atoms with E-state index in [0.717, 1.165) is 9.88 Å². The zero-order valence-corrected chi connectivity index (χ0v) is 15.6. The smallest absolute Gasteiger partial charge is 0.256 e. The number of carbonyl (C=O) groups is 2. The molecule has 0 saturated carbocycles. The molecule has 2 amide bonds. The lowest BCUT2D eigenvalue weighted by Gasteiger charge is -2.12. The van der Waals surface area contributed by atoms with E-state index in [1.54, 1.807) is 42.7 Å². The summed E-state index contributed by atoms with van der Waals surface area (Å²) in [7, 11) is 0. The SMILES string of the molecule is Cc1cnc(COc2ccc3oc(C)c(C(=O)N[C@@H](CO)C(N)=O)c3c2)s1. The second-order valence-electron chi connectivity index (χ2n) is 5.96. The van der Waals surface area contributed by atoms with E-state index in [1.165, 1.54) is 0 Å². The minimum atomic E-state index is -1.17. The van der Waals surface area contributed by atoms with Crippen LogP contribution in [0.15, 0.2) is 28.8 Å². The van der Waals surface area contributed by atoms with E-state index in [2.05, 4.69) is 10.3 Å². The minimum Gasteiger partial charge on any atom is -0.486 e. The molecule has 1 aromatic carbocycles. The fourth-order valence-electron chi connectivity index (χ4n) is 2.62. The van der Waals surface area contributed by atoms with E-state index in [1.807, 2.05) is 6.92 Å². The Morgan fingerprint density at radius 1 is 1.41 bits per heavy atom. The van der Waals surface area contributed by atoms with E-state index in [0.29, 0.717) is 29.1 Å². The molecule has 9 heteroatoms. The second-order valence-corrected chi connectivity index (χ2v) is 7.27. The summed E-state index contributed by atoms with van der Waals surface area (Å²) >= 11 is 1.55. The zero-order valence-electron chi connectivity index (χ0n) is 14.8. The van der Waals surface area contributed by atoms with E-state index in [4.69, 9.17) is 14.9 Å². The van der Waals surface area contributed by atoms with E-state index in [9.17, 15) is 14.7 Å². The van der Waals surface area contributed by atoms with Gasteiger partial charge in [0.1, 0.15) is 34.7 Å². The molecule has 0 spiro atoms. The van der Waals surface area contributed by atoms with Crippen molar-refractivity contribution in [1.29, 1.82) is 0 Å². The van der Waals surface area contributed by atoms with Crippen molar-refractivity contribution in [3.8, 4) is 5.75 Å². The van der Waals surface area contributed by atoms with Gasteiger partial charge in [-0.2, -0.15) is 0 Å². The predicted molar refractivity (Wildman–Crippen MR) is 99.7 cm³/mol. The van der Waals surface area contributed by atoms with E-state index >= 15 is 0 Å². The summed E-state index contributed by atoms with van der Waals surface area (Å²) in [5.74, 6) is -0.439. The number of thiazole rings is 1. The number of nitrogens with one attached hydrogen (secondary N) is 1. The van der Waals surface area contributed by atoms with Gasteiger partial charge in [-0.1, -0.05) is 0 Å². The molecule has 0 aliphatic heterocycles. The first-order chi connectivity index (χ1) is 12.9. The Labute approximate surface area is 158 Å². The summed E-state index contributed by atoms with van der Waals surface area (Å²) in [6.07, 6.45) is 1.78. The van der Waals surface area contributed by atoms with Crippen LogP contribution in [-0.4, -0.2) is 34.6 Å². The molecule has 1 atom stereocenters. The van der Waals surface area contributed by atoms with Crippen molar-refractivity contribution in [2.45, 2.75) is 26.5 Å². The number of aromatic nitrogens is 1. The summed E-state index contributed by atoms with van der Waals surface area (Å²) in [5, 5.41) is 13.0. The number of rotatable bonds is 7. The van der Waals surface area contributed by atoms with E-state index < -0.39 is 24.5 Å². The number of amides is 2. The number of aliphatic hydroxyl groups excluding tert-OH is 1. The van der Waals surface area contributed by atoms with Crippen LogP contribution >= 0.6 is 11.3 Å². The standard InChI is InChI=1S/C18H19N3O5S/c1-9-6-20-15(27-9)8-25-11-3-4-14-12(5-11)16(10(2)26-14)18(24)21-13(7-22)17(19)23/h3-6,13,22H,7-8H2,1-2H3,(H2,19,23)(H,21,24)/t13-/m0/s1. The number of nitrogens with two attached hydrogens (primary N) is 1. The Hall–Kier alpha value is -2.91. The van der Waals surface area contributed by atoms with Gasteiger partial charge in [0.2, 0.25) is 5.91 Å². The molecule has 0 radical (unpaired) electrons. The molecule has 142 valence electrons. The highest BCUT2D eigenvalue weighted by atomic mass is 32.1. The van der Waals surface area contributed by atoms with Crippen LogP contribution in [0.25, 0.3) is 11.0 Å². The molecule has 0 bridgehead atoms. The number of benzene rings is 1. The molecule has 0 fully saturated rings. The average molecular weight is 389 g/mol. The molecule has 4 N–H and O–H groups in total. The molecule has 2 heterocycles. The highest BCUT2D eigenvalue weighted by molar-refractivity contribution is 7.11. The fourth-order valence-corrected chi connectivity index (χ4v) is 3.32. The molecule has 3 aromatic rings. The van der Waals surface area contributed by atoms with Gasteiger partial charge in [-0.15, -0.1) is 11.3 Å². The number of carbonyl (C=O) groups excluding carboxylic acids is 2. The third-order valence-corrected chi connectivity index (χ3v) is 4.81. The highest BCUT2D eigenvalue weighted by Crippen LogP contribution is 2.29. The highest BCUT2D eigenvalue weighted by Gasteiger charge is 2.23. The van der Waals surface area contributed by atoms with Crippen molar-refractivity contribution in [2.24, 2.45) is 5.73 Å². The number of hydrogen-bond acceptors (Lipinski definition) is 7. The number of aryl methyl sites for hydroxylation is 2. The van der Waals surface area contributed by atoms with Gasteiger partial charge >= 0.3 is 0 Å². The third-order valence-electron chi connectivity index (χ3n) is 3.93. The minimum absolute atomic E-state index is 0.264. The van der Waals surface area contributed by atoms with Crippen molar-refractivity contribution in [3.63, 3.8) is 0 Å². The average Bonchev–Trinajstić information content (AvgIpc) is 3.19. The number of aliphatic hydroxyl groups is 1. The molecule has 0 saturated heterocycles. The zero-order chi connectivity index (χ0) is 19.6. The first-order valence-corrected chi connectivity index (χ1v) is 8.99. The second kappa shape index (κ2) is 7.77. The van der Waals surface area contributed by atoms with Gasteiger partial charge in [0.25, 0.3) is 5.91 Å². The van der Waals surface area contributed by atoms with Gasteiger partial charge in [-0.25, -0.2) is 4.98 Å². The fraction of sp³-hybridized carbons (Fsp3) is 0.278. The normalized spacial score (nSPS) is 12.1. The maximum Gasteiger partial charge on any atom is 0.256 e. The largest absolute Gasteiger partial charge is 0.486 e. The summed E-state index contributed by atoms with van der Waals surface area (Å²) in [5.41, 5.74) is 5.93.